The number of fused-ring (bicyclic) bond motifs is 2. The first kappa shape index (κ1) is 16.0. The van der Waals surface area contributed by atoms with Gasteiger partial charge in [0.25, 0.3) is 5.91 Å². The Hall–Kier alpha value is -3.48. The minimum absolute atomic E-state index is 0.174. The van der Waals surface area contributed by atoms with Gasteiger partial charge in [0.1, 0.15) is 11.3 Å². The minimum atomic E-state index is -0.423. The maximum atomic E-state index is 12.1. The molecular weight excluding hydrogens is 338 g/mol. The van der Waals surface area contributed by atoms with Crippen molar-refractivity contribution in [2.45, 2.75) is 6.92 Å². The van der Waals surface area contributed by atoms with Gasteiger partial charge >= 0.3 is 5.63 Å². The van der Waals surface area contributed by atoms with E-state index >= 15 is 0 Å². The van der Waals surface area contributed by atoms with Crippen molar-refractivity contribution in [1.29, 1.82) is 0 Å². The van der Waals surface area contributed by atoms with Crippen LogP contribution in [0.4, 0.5) is 5.69 Å². The zero-order valence-electron chi connectivity index (χ0n) is 13.9. The number of hydrogen-bond acceptors (Lipinski definition) is 6. The Morgan fingerprint density at radius 1 is 1.12 bits per heavy atom. The van der Waals surface area contributed by atoms with Crippen molar-refractivity contribution >= 4 is 22.6 Å². The molecule has 132 valence electrons. The second-order valence-corrected chi connectivity index (χ2v) is 5.81. The average Bonchev–Trinajstić information content (AvgIpc) is 3.07. The maximum absolute atomic E-state index is 12.1. The third-order valence-corrected chi connectivity index (χ3v) is 3.95. The number of carbonyl (C=O) groups is 1. The number of amides is 1. The summed E-state index contributed by atoms with van der Waals surface area (Å²) in [5.74, 6) is 1.34. The van der Waals surface area contributed by atoms with Gasteiger partial charge in [-0.1, -0.05) is 0 Å². The number of aryl methyl sites for hydroxylation is 1. The fourth-order valence-electron chi connectivity index (χ4n) is 2.72. The molecule has 4 rings (SSSR count). The Morgan fingerprint density at radius 2 is 1.96 bits per heavy atom. The molecule has 0 spiro atoms. The van der Waals surface area contributed by atoms with Gasteiger partial charge in [0.15, 0.2) is 18.1 Å². The predicted molar refractivity (Wildman–Crippen MR) is 93.9 cm³/mol. The van der Waals surface area contributed by atoms with Gasteiger partial charge in [-0.15, -0.1) is 0 Å². The molecule has 2 aromatic carbocycles. The second kappa shape index (κ2) is 6.44. The third kappa shape index (κ3) is 3.19. The van der Waals surface area contributed by atoms with Gasteiger partial charge in [0.05, 0.1) is 0 Å². The van der Waals surface area contributed by atoms with E-state index in [1.165, 1.54) is 6.07 Å². The molecule has 7 nitrogen and oxygen atoms in total. The van der Waals surface area contributed by atoms with Crippen molar-refractivity contribution in [3.63, 3.8) is 0 Å². The normalized spacial score (nSPS) is 12.2. The second-order valence-electron chi connectivity index (χ2n) is 5.81. The molecule has 2 heterocycles. The zero-order valence-corrected chi connectivity index (χ0v) is 13.9. The van der Waals surface area contributed by atoms with Crippen molar-refractivity contribution in [2.75, 3.05) is 18.7 Å². The summed E-state index contributed by atoms with van der Waals surface area (Å²) in [7, 11) is 0. The quantitative estimate of drug-likeness (QED) is 0.726. The number of nitrogens with one attached hydrogen (secondary N) is 1. The molecular formula is C19H15NO6. The van der Waals surface area contributed by atoms with E-state index in [9.17, 15) is 9.59 Å². The van der Waals surface area contributed by atoms with Crippen LogP contribution < -0.4 is 25.2 Å². The van der Waals surface area contributed by atoms with E-state index in [-0.39, 0.29) is 19.3 Å². The van der Waals surface area contributed by atoms with E-state index in [0.717, 1.165) is 10.9 Å². The molecule has 0 unspecified atom stereocenters. The van der Waals surface area contributed by atoms with Crippen LogP contribution >= 0.6 is 0 Å². The van der Waals surface area contributed by atoms with Crippen LogP contribution in [0.15, 0.2) is 51.7 Å². The van der Waals surface area contributed by atoms with Gasteiger partial charge in [-0.25, -0.2) is 4.79 Å². The van der Waals surface area contributed by atoms with Crippen LogP contribution in [-0.2, 0) is 4.79 Å². The summed E-state index contributed by atoms with van der Waals surface area (Å²) in [6.07, 6.45) is 0. The average molecular weight is 353 g/mol. The monoisotopic (exact) mass is 353 g/mol. The lowest BCUT2D eigenvalue weighted by Crippen LogP contribution is -2.20. The number of benzene rings is 2. The minimum Gasteiger partial charge on any atom is -0.484 e. The maximum Gasteiger partial charge on any atom is 0.336 e. The lowest BCUT2D eigenvalue weighted by molar-refractivity contribution is -0.118. The van der Waals surface area contributed by atoms with Crippen LogP contribution in [-0.4, -0.2) is 19.3 Å². The summed E-state index contributed by atoms with van der Waals surface area (Å²) in [6, 6.07) is 11.7. The van der Waals surface area contributed by atoms with Gasteiger partial charge in [0, 0.05) is 29.3 Å². The Morgan fingerprint density at radius 3 is 2.85 bits per heavy atom. The molecule has 3 aromatic rings. The first-order chi connectivity index (χ1) is 12.6. The molecule has 0 saturated carbocycles. The smallest absolute Gasteiger partial charge is 0.336 e. The lowest BCUT2D eigenvalue weighted by atomic mass is 10.1. The van der Waals surface area contributed by atoms with E-state index < -0.39 is 5.63 Å². The number of rotatable bonds is 4. The summed E-state index contributed by atoms with van der Waals surface area (Å²) in [5.41, 5.74) is 1.41. The van der Waals surface area contributed by atoms with Crippen LogP contribution in [0.1, 0.15) is 5.56 Å². The first-order valence-corrected chi connectivity index (χ1v) is 7.95. The van der Waals surface area contributed by atoms with Crippen molar-refractivity contribution in [2.24, 2.45) is 0 Å². The first-order valence-electron chi connectivity index (χ1n) is 7.95. The molecule has 1 amide bonds. The third-order valence-electron chi connectivity index (χ3n) is 3.95. The highest BCUT2D eigenvalue weighted by atomic mass is 16.7. The van der Waals surface area contributed by atoms with Crippen LogP contribution in [0.5, 0.6) is 17.2 Å². The molecule has 0 atom stereocenters. The molecule has 0 radical (unpaired) electrons. The highest BCUT2D eigenvalue weighted by Gasteiger charge is 2.14. The molecule has 7 heteroatoms. The van der Waals surface area contributed by atoms with E-state index in [2.05, 4.69) is 5.32 Å². The van der Waals surface area contributed by atoms with Crippen LogP contribution in [0.25, 0.3) is 11.0 Å². The molecule has 0 bridgehead atoms. The molecule has 0 fully saturated rings. The lowest BCUT2D eigenvalue weighted by Gasteiger charge is -2.09. The summed E-state index contributed by atoms with van der Waals surface area (Å²) in [6.45, 7) is 1.82. The number of ether oxygens (including phenoxy) is 3. The summed E-state index contributed by atoms with van der Waals surface area (Å²) >= 11 is 0. The summed E-state index contributed by atoms with van der Waals surface area (Å²) in [5, 5.41) is 3.55. The Labute approximate surface area is 148 Å². The van der Waals surface area contributed by atoms with Gasteiger partial charge in [-0.05, 0) is 36.8 Å². The zero-order chi connectivity index (χ0) is 18.1. The Bertz CT molecular complexity index is 1060. The molecule has 0 aliphatic carbocycles. The molecule has 1 N–H and O–H groups in total. The van der Waals surface area contributed by atoms with Crippen LogP contribution in [0.2, 0.25) is 0 Å². The van der Waals surface area contributed by atoms with Gasteiger partial charge in [0.2, 0.25) is 6.79 Å². The topological polar surface area (TPSA) is 87.0 Å². The summed E-state index contributed by atoms with van der Waals surface area (Å²) in [4.78, 5) is 23.6. The van der Waals surface area contributed by atoms with E-state index in [4.69, 9.17) is 18.6 Å². The fourth-order valence-corrected chi connectivity index (χ4v) is 2.72. The summed E-state index contributed by atoms with van der Waals surface area (Å²) < 4.78 is 21.2. The van der Waals surface area contributed by atoms with Gasteiger partial charge in [-0.2, -0.15) is 0 Å². The largest absolute Gasteiger partial charge is 0.484 e. The Kier molecular flexibility index (Phi) is 3.96. The van der Waals surface area contributed by atoms with E-state index in [1.807, 2.05) is 6.92 Å². The predicted octanol–water partition coefficient (Wildman–Crippen LogP) is 2.85. The van der Waals surface area contributed by atoms with E-state index in [1.54, 1.807) is 36.4 Å². The van der Waals surface area contributed by atoms with Crippen LogP contribution in [0, 0.1) is 6.92 Å². The van der Waals surface area contributed by atoms with Crippen molar-refractivity contribution < 1.29 is 23.4 Å². The van der Waals surface area contributed by atoms with E-state index in [0.29, 0.717) is 28.5 Å². The van der Waals surface area contributed by atoms with Crippen molar-refractivity contribution in [3.05, 3.63) is 58.4 Å². The number of hydrogen-bond donors (Lipinski definition) is 1. The highest BCUT2D eigenvalue weighted by molar-refractivity contribution is 5.92. The Balaban J connectivity index is 1.42. The number of anilines is 1. The van der Waals surface area contributed by atoms with Crippen molar-refractivity contribution in [3.8, 4) is 17.2 Å². The van der Waals surface area contributed by atoms with Gasteiger partial charge < -0.3 is 23.9 Å². The molecule has 1 aliphatic rings. The molecule has 1 aromatic heterocycles. The fraction of sp³-hybridized carbons (Fsp3) is 0.158. The van der Waals surface area contributed by atoms with Crippen molar-refractivity contribution in [1.82, 2.24) is 0 Å². The SMILES string of the molecule is Cc1cc(=O)oc2cc(OCC(=O)Nc3ccc4c(c3)OCO4)ccc12. The highest BCUT2D eigenvalue weighted by Crippen LogP contribution is 2.34. The van der Waals surface area contributed by atoms with Crippen LogP contribution in [0.3, 0.4) is 0 Å². The number of carbonyl (C=O) groups excluding carboxylic acids is 1. The molecule has 0 saturated heterocycles. The van der Waals surface area contributed by atoms with Gasteiger partial charge in [-0.3, -0.25) is 4.79 Å². The molecule has 26 heavy (non-hydrogen) atoms. The standard InChI is InChI=1S/C19H15NO6/c1-11-6-19(22)26-16-8-13(3-4-14(11)16)23-9-18(21)20-12-2-5-15-17(7-12)25-10-24-15/h2-8H,9-10H2,1H3,(H,20,21). The molecule has 1 aliphatic heterocycles.